The molecular formula is C11H23N3O2. The van der Waals surface area contributed by atoms with Gasteiger partial charge in [0.2, 0.25) is 0 Å². The molecule has 5 heteroatoms. The molecule has 16 heavy (non-hydrogen) atoms. The summed E-state index contributed by atoms with van der Waals surface area (Å²) in [7, 11) is 0. The quantitative estimate of drug-likeness (QED) is 0.405. The summed E-state index contributed by atoms with van der Waals surface area (Å²) in [5, 5.41) is 0. The van der Waals surface area contributed by atoms with Gasteiger partial charge in [-0.05, 0) is 34.6 Å². The van der Waals surface area contributed by atoms with E-state index in [9.17, 15) is 4.79 Å². The maximum Gasteiger partial charge on any atom is 0.250 e. The summed E-state index contributed by atoms with van der Waals surface area (Å²) in [6, 6.07) is -0.229. The minimum Gasteiger partial charge on any atom is -0.367 e. The lowest BCUT2D eigenvalue weighted by molar-refractivity contribution is -0.187. The highest BCUT2D eigenvalue weighted by Crippen LogP contribution is 2.29. The molecule has 1 aliphatic heterocycles. The number of nitrogens with one attached hydrogen (secondary N) is 1. The first-order valence-corrected chi connectivity index (χ1v) is 5.61. The molecule has 1 amide bonds. The fourth-order valence-electron chi connectivity index (χ4n) is 2.41. The molecule has 0 radical (unpaired) electrons. The van der Waals surface area contributed by atoms with E-state index < -0.39 is 0 Å². The van der Waals surface area contributed by atoms with Crippen molar-refractivity contribution in [1.29, 1.82) is 0 Å². The largest absolute Gasteiger partial charge is 0.367 e. The van der Waals surface area contributed by atoms with Crippen LogP contribution in [0.25, 0.3) is 0 Å². The Hall–Kier alpha value is -0.650. The number of amides is 1. The number of morpholine rings is 1. The van der Waals surface area contributed by atoms with E-state index in [4.69, 9.17) is 10.6 Å². The number of nitrogens with two attached hydrogens (primary N) is 1. The van der Waals surface area contributed by atoms with Gasteiger partial charge in [-0.15, -0.1) is 0 Å². The molecule has 3 N–H and O–H groups in total. The molecule has 1 rings (SSSR count). The highest BCUT2D eigenvalue weighted by Gasteiger charge is 2.40. The van der Waals surface area contributed by atoms with Crippen molar-refractivity contribution in [3.8, 4) is 0 Å². The Balaban J connectivity index is 2.78. The van der Waals surface area contributed by atoms with Crippen LogP contribution < -0.4 is 11.3 Å². The second-order valence-corrected chi connectivity index (χ2v) is 5.71. The van der Waals surface area contributed by atoms with Crippen LogP contribution in [0.2, 0.25) is 0 Å². The Morgan fingerprint density at radius 1 is 1.31 bits per heavy atom. The molecule has 0 aromatic rings. The number of carbonyl (C=O) groups is 1. The monoisotopic (exact) mass is 229 g/mol. The third kappa shape index (κ3) is 3.17. The molecule has 94 valence electrons. The lowest BCUT2D eigenvalue weighted by Crippen LogP contribution is -2.61. The van der Waals surface area contributed by atoms with Crippen molar-refractivity contribution in [3.05, 3.63) is 0 Å². The minimum absolute atomic E-state index is 0.159. The van der Waals surface area contributed by atoms with E-state index >= 15 is 0 Å². The first-order valence-electron chi connectivity index (χ1n) is 5.61. The molecule has 0 saturated carbocycles. The zero-order valence-electron chi connectivity index (χ0n) is 10.8. The topological polar surface area (TPSA) is 67.6 Å². The molecule has 0 aromatic carbocycles. The summed E-state index contributed by atoms with van der Waals surface area (Å²) in [6.45, 7) is 11.5. The van der Waals surface area contributed by atoms with E-state index in [1.165, 1.54) is 0 Å². The second-order valence-electron chi connectivity index (χ2n) is 5.71. The zero-order chi connectivity index (χ0) is 12.6. The van der Waals surface area contributed by atoms with Crippen molar-refractivity contribution in [3.63, 3.8) is 0 Å². The van der Waals surface area contributed by atoms with Gasteiger partial charge in [0.1, 0.15) is 0 Å². The second kappa shape index (κ2) is 4.31. The number of carbonyl (C=O) groups excluding carboxylic acids is 1. The molecule has 0 aliphatic carbocycles. The van der Waals surface area contributed by atoms with E-state index in [1.807, 2.05) is 34.6 Å². The maximum atomic E-state index is 11.5. The molecular weight excluding hydrogens is 206 g/mol. The van der Waals surface area contributed by atoms with Crippen molar-refractivity contribution in [2.75, 3.05) is 13.1 Å². The number of ether oxygens (including phenoxy) is 1. The van der Waals surface area contributed by atoms with Crippen LogP contribution in [0.15, 0.2) is 0 Å². The van der Waals surface area contributed by atoms with E-state index in [-0.39, 0.29) is 23.2 Å². The normalized spacial score (nSPS) is 26.1. The number of hydrazine groups is 1. The standard InChI is InChI=1S/C11H23N3O2/c1-8(9(15)13-12)14-6-10(2,3)16-11(4,5)7-14/h8H,6-7,12H2,1-5H3,(H,13,15). The Morgan fingerprint density at radius 2 is 1.75 bits per heavy atom. The van der Waals surface area contributed by atoms with Gasteiger partial charge in [-0.25, -0.2) is 5.84 Å². The molecule has 1 aliphatic rings. The lowest BCUT2D eigenvalue weighted by Gasteiger charge is -2.48. The third-order valence-electron chi connectivity index (χ3n) is 2.79. The van der Waals surface area contributed by atoms with Crippen LogP contribution >= 0.6 is 0 Å². The summed E-state index contributed by atoms with van der Waals surface area (Å²) in [5.74, 6) is 5.00. The fourth-order valence-corrected chi connectivity index (χ4v) is 2.41. The van der Waals surface area contributed by atoms with E-state index in [0.717, 1.165) is 13.1 Å². The first-order chi connectivity index (χ1) is 7.17. The van der Waals surface area contributed by atoms with Crippen molar-refractivity contribution in [2.45, 2.75) is 51.9 Å². The van der Waals surface area contributed by atoms with Gasteiger partial charge in [-0.2, -0.15) is 0 Å². The SMILES string of the molecule is CC(C(=O)NN)N1CC(C)(C)OC(C)(C)C1. The predicted molar refractivity (Wildman–Crippen MR) is 62.6 cm³/mol. The third-order valence-corrected chi connectivity index (χ3v) is 2.79. The van der Waals surface area contributed by atoms with Gasteiger partial charge in [-0.3, -0.25) is 15.1 Å². The van der Waals surface area contributed by atoms with Crippen LogP contribution in [0.5, 0.6) is 0 Å². The summed E-state index contributed by atoms with van der Waals surface area (Å²) in [4.78, 5) is 13.6. The van der Waals surface area contributed by atoms with Crippen LogP contribution in [0.1, 0.15) is 34.6 Å². The fraction of sp³-hybridized carbons (Fsp3) is 0.909. The summed E-state index contributed by atoms with van der Waals surface area (Å²) in [5.41, 5.74) is 1.71. The van der Waals surface area contributed by atoms with Crippen LogP contribution in [0.3, 0.4) is 0 Å². The number of hydrogen-bond acceptors (Lipinski definition) is 4. The molecule has 1 atom stereocenters. The van der Waals surface area contributed by atoms with Gasteiger partial charge in [0.15, 0.2) is 0 Å². The Morgan fingerprint density at radius 3 is 2.12 bits per heavy atom. The molecule has 1 fully saturated rings. The van der Waals surface area contributed by atoms with Gasteiger partial charge in [-0.1, -0.05) is 0 Å². The average Bonchev–Trinajstić information content (AvgIpc) is 2.10. The van der Waals surface area contributed by atoms with Gasteiger partial charge in [0, 0.05) is 13.1 Å². The van der Waals surface area contributed by atoms with Crippen molar-refractivity contribution < 1.29 is 9.53 Å². The summed E-state index contributed by atoms with van der Waals surface area (Å²) < 4.78 is 5.95. The number of hydrogen-bond donors (Lipinski definition) is 2. The molecule has 0 spiro atoms. The average molecular weight is 229 g/mol. The van der Waals surface area contributed by atoms with Crippen molar-refractivity contribution in [1.82, 2.24) is 10.3 Å². The van der Waals surface area contributed by atoms with Crippen LogP contribution in [-0.2, 0) is 9.53 Å². The van der Waals surface area contributed by atoms with Gasteiger partial charge in [0.25, 0.3) is 5.91 Å². The molecule has 1 unspecified atom stereocenters. The highest BCUT2D eigenvalue weighted by atomic mass is 16.5. The Bertz CT molecular complexity index is 260. The van der Waals surface area contributed by atoms with E-state index in [0.29, 0.717) is 0 Å². The van der Waals surface area contributed by atoms with Gasteiger partial charge in [0.05, 0.1) is 17.2 Å². The van der Waals surface area contributed by atoms with Crippen LogP contribution in [-0.4, -0.2) is 41.1 Å². The van der Waals surface area contributed by atoms with Crippen LogP contribution in [0.4, 0.5) is 0 Å². The zero-order valence-corrected chi connectivity index (χ0v) is 10.8. The lowest BCUT2D eigenvalue weighted by atomic mass is 9.97. The number of nitrogens with zero attached hydrogens (tertiary/aromatic N) is 1. The van der Waals surface area contributed by atoms with E-state index in [1.54, 1.807) is 0 Å². The maximum absolute atomic E-state index is 11.5. The van der Waals surface area contributed by atoms with Crippen LogP contribution in [0, 0.1) is 0 Å². The number of rotatable bonds is 2. The van der Waals surface area contributed by atoms with Crippen molar-refractivity contribution in [2.24, 2.45) is 5.84 Å². The Kier molecular flexibility index (Phi) is 3.62. The first kappa shape index (κ1) is 13.4. The molecule has 1 heterocycles. The molecule has 5 nitrogen and oxygen atoms in total. The molecule has 0 bridgehead atoms. The summed E-state index contributed by atoms with van der Waals surface area (Å²) in [6.07, 6.45) is 0. The summed E-state index contributed by atoms with van der Waals surface area (Å²) >= 11 is 0. The Labute approximate surface area is 97.3 Å². The molecule has 1 saturated heterocycles. The molecule has 0 aromatic heterocycles. The minimum atomic E-state index is -0.245. The van der Waals surface area contributed by atoms with E-state index in [2.05, 4.69) is 10.3 Å². The van der Waals surface area contributed by atoms with Gasteiger partial charge >= 0.3 is 0 Å². The highest BCUT2D eigenvalue weighted by molar-refractivity contribution is 5.80. The predicted octanol–water partition coefficient (Wildman–Crippen LogP) is 0.254. The van der Waals surface area contributed by atoms with Gasteiger partial charge < -0.3 is 4.74 Å². The smallest absolute Gasteiger partial charge is 0.250 e. The van der Waals surface area contributed by atoms with Crippen molar-refractivity contribution >= 4 is 5.91 Å².